The number of unbranched alkanes of at least 4 members (excludes halogenated alkanes) is 2. The molecule has 0 saturated heterocycles. The van der Waals surface area contributed by atoms with Crippen molar-refractivity contribution >= 4 is 11.6 Å². The molecule has 0 saturated carbocycles. The summed E-state index contributed by atoms with van der Waals surface area (Å²) in [5.74, 6) is 0. The van der Waals surface area contributed by atoms with E-state index in [4.69, 9.17) is 0 Å². The zero-order valence-electron chi connectivity index (χ0n) is 12.7. The highest BCUT2D eigenvalue weighted by atomic mass is 14.1. The highest BCUT2D eigenvalue weighted by molar-refractivity contribution is 5.79. The lowest BCUT2D eigenvalue weighted by Crippen LogP contribution is -1.86. The van der Waals surface area contributed by atoms with E-state index in [1.165, 1.54) is 18.4 Å². The summed E-state index contributed by atoms with van der Waals surface area (Å²) < 4.78 is 0. The molecule has 0 spiro atoms. The van der Waals surface area contributed by atoms with E-state index in [1.54, 1.807) is 0 Å². The SMILES string of the molecule is C=C=C(c1ccccc1)c1ccc(/C=C/CCCC)cc1. The van der Waals surface area contributed by atoms with Crippen molar-refractivity contribution < 1.29 is 0 Å². The Kier molecular flexibility index (Phi) is 5.82. The molecule has 2 rings (SSSR count). The molecule has 0 atom stereocenters. The monoisotopic (exact) mass is 274 g/mol. The topological polar surface area (TPSA) is 0 Å². The van der Waals surface area contributed by atoms with E-state index in [9.17, 15) is 0 Å². The molecule has 0 aromatic heterocycles. The van der Waals surface area contributed by atoms with Gasteiger partial charge < -0.3 is 0 Å². The molecule has 2 aromatic rings. The van der Waals surface area contributed by atoms with Crippen LogP contribution in [0, 0.1) is 0 Å². The largest absolute Gasteiger partial charge is 0.119 e. The Morgan fingerprint density at radius 3 is 2.29 bits per heavy atom. The Hall–Kier alpha value is -2.30. The van der Waals surface area contributed by atoms with Gasteiger partial charge in [0, 0.05) is 5.57 Å². The van der Waals surface area contributed by atoms with Crippen molar-refractivity contribution in [1.82, 2.24) is 0 Å². The minimum Gasteiger partial charge on any atom is -0.119 e. The Morgan fingerprint density at radius 2 is 1.67 bits per heavy atom. The molecule has 0 aliphatic carbocycles. The van der Waals surface area contributed by atoms with Crippen LogP contribution in [0.5, 0.6) is 0 Å². The third-order valence-corrected chi connectivity index (χ3v) is 3.47. The van der Waals surface area contributed by atoms with Crippen LogP contribution in [-0.4, -0.2) is 0 Å². The van der Waals surface area contributed by atoms with Gasteiger partial charge >= 0.3 is 0 Å². The summed E-state index contributed by atoms with van der Waals surface area (Å²) in [6.07, 6.45) is 8.10. The lowest BCUT2D eigenvalue weighted by atomic mass is 9.98. The van der Waals surface area contributed by atoms with Crippen molar-refractivity contribution in [2.75, 3.05) is 0 Å². The maximum Gasteiger partial charge on any atom is 0.0303 e. The third kappa shape index (κ3) is 4.34. The van der Waals surface area contributed by atoms with Gasteiger partial charge in [0.05, 0.1) is 0 Å². The molecule has 0 radical (unpaired) electrons. The van der Waals surface area contributed by atoms with Crippen LogP contribution in [0.4, 0.5) is 0 Å². The van der Waals surface area contributed by atoms with Crippen molar-refractivity contribution in [3.05, 3.63) is 89.7 Å². The summed E-state index contributed by atoms with van der Waals surface area (Å²) in [6.45, 7) is 6.05. The Morgan fingerprint density at radius 1 is 1.00 bits per heavy atom. The third-order valence-electron chi connectivity index (χ3n) is 3.47. The zero-order chi connectivity index (χ0) is 14.9. The van der Waals surface area contributed by atoms with E-state index in [-0.39, 0.29) is 0 Å². The van der Waals surface area contributed by atoms with E-state index < -0.39 is 0 Å². The predicted molar refractivity (Wildman–Crippen MR) is 93.1 cm³/mol. The van der Waals surface area contributed by atoms with E-state index in [1.807, 2.05) is 18.2 Å². The van der Waals surface area contributed by atoms with E-state index in [0.29, 0.717) is 0 Å². The molecule has 0 aliphatic heterocycles. The Labute approximate surface area is 128 Å². The second-order valence-corrected chi connectivity index (χ2v) is 5.08. The molecule has 0 aliphatic rings. The minimum atomic E-state index is 1.05. The van der Waals surface area contributed by atoms with Crippen LogP contribution in [0.1, 0.15) is 42.9 Å². The zero-order valence-corrected chi connectivity index (χ0v) is 12.7. The molecule has 106 valence electrons. The van der Waals surface area contributed by atoms with E-state index in [0.717, 1.165) is 23.1 Å². The molecule has 0 heteroatoms. The quantitative estimate of drug-likeness (QED) is 0.440. The predicted octanol–water partition coefficient (Wildman–Crippen LogP) is 6.11. The lowest BCUT2D eigenvalue weighted by Gasteiger charge is -2.06. The number of hydrogen-bond acceptors (Lipinski definition) is 0. The fourth-order valence-electron chi connectivity index (χ4n) is 2.28. The van der Waals surface area contributed by atoms with Gasteiger partial charge in [-0.1, -0.05) is 93.1 Å². The smallest absolute Gasteiger partial charge is 0.0303 e. The molecule has 0 unspecified atom stereocenters. The van der Waals surface area contributed by atoms with Gasteiger partial charge in [0.25, 0.3) is 0 Å². The summed E-state index contributed by atoms with van der Waals surface area (Å²) in [5.41, 5.74) is 7.66. The van der Waals surface area contributed by atoms with Crippen molar-refractivity contribution in [1.29, 1.82) is 0 Å². The van der Waals surface area contributed by atoms with Gasteiger partial charge in [-0.15, -0.1) is 5.73 Å². The Balaban J connectivity index is 2.15. The van der Waals surface area contributed by atoms with Gasteiger partial charge in [-0.05, 0) is 23.1 Å². The van der Waals surface area contributed by atoms with Gasteiger partial charge in [-0.2, -0.15) is 0 Å². The fourth-order valence-corrected chi connectivity index (χ4v) is 2.28. The molecule has 0 N–H and O–H groups in total. The molecular weight excluding hydrogens is 252 g/mol. The second kappa shape index (κ2) is 8.09. The number of rotatable bonds is 6. The normalized spacial score (nSPS) is 10.5. The van der Waals surface area contributed by atoms with Gasteiger partial charge in [0.15, 0.2) is 0 Å². The first kappa shape index (κ1) is 15.1. The van der Waals surface area contributed by atoms with Crippen LogP contribution < -0.4 is 0 Å². The fraction of sp³-hybridized carbons (Fsp3) is 0.190. The van der Waals surface area contributed by atoms with Crippen LogP contribution in [0.2, 0.25) is 0 Å². The standard InChI is InChI=1S/C21H22/c1-3-5-6-8-11-18-14-16-20(17-15-18)21(4-2)19-12-9-7-10-13-19/h7-17H,2-3,5-6H2,1H3/b11-8+. The molecule has 0 heterocycles. The van der Waals surface area contributed by atoms with Gasteiger partial charge in [-0.3, -0.25) is 0 Å². The summed E-state index contributed by atoms with van der Waals surface area (Å²) in [5, 5.41) is 0. The van der Waals surface area contributed by atoms with Crippen LogP contribution in [0.15, 0.2) is 73.0 Å². The van der Waals surface area contributed by atoms with Crippen LogP contribution in [-0.2, 0) is 0 Å². The first-order chi connectivity index (χ1) is 10.3. The highest BCUT2D eigenvalue weighted by Crippen LogP contribution is 2.22. The molecular formula is C21H22. The maximum absolute atomic E-state index is 3.83. The molecule has 0 fully saturated rings. The summed E-state index contributed by atoms with van der Waals surface area (Å²) >= 11 is 0. The van der Waals surface area contributed by atoms with Crippen molar-refractivity contribution in [3.63, 3.8) is 0 Å². The minimum absolute atomic E-state index is 1.05. The highest BCUT2D eigenvalue weighted by Gasteiger charge is 2.03. The lowest BCUT2D eigenvalue weighted by molar-refractivity contribution is 0.816. The van der Waals surface area contributed by atoms with Crippen LogP contribution in [0.25, 0.3) is 11.6 Å². The molecule has 0 nitrogen and oxygen atoms in total. The summed E-state index contributed by atoms with van der Waals surface area (Å²) in [4.78, 5) is 0. The summed E-state index contributed by atoms with van der Waals surface area (Å²) in [6, 6.07) is 18.9. The van der Waals surface area contributed by atoms with Gasteiger partial charge in [0.2, 0.25) is 0 Å². The molecule has 0 bridgehead atoms. The molecule has 21 heavy (non-hydrogen) atoms. The van der Waals surface area contributed by atoms with Crippen LogP contribution >= 0.6 is 0 Å². The Bertz CT molecular complexity index is 623. The number of benzene rings is 2. The first-order valence-corrected chi connectivity index (χ1v) is 7.57. The van der Waals surface area contributed by atoms with Crippen molar-refractivity contribution in [2.45, 2.75) is 26.2 Å². The van der Waals surface area contributed by atoms with Crippen molar-refractivity contribution in [2.24, 2.45) is 0 Å². The van der Waals surface area contributed by atoms with Crippen molar-refractivity contribution in [3.8, 4) is 0 Å². The number of allylic oxidation sites excluding steroid dienone is 1. The average molecular weight is 274 g/mol. The second-order valence-electron chi connectivity index (χ2n) is 5.08. The summed E-state index contributed by atoms with van der Waals surface area (Å²) in [7, 11) is 0. The molecule has 0 amide bonds. The maximum atomic E-state index is 3.83. The van der Waals surface area contributed by atoms with Crippen LogP contribution in [0.3, 0.4) is 0 Å². The van der Waals surface area contributed by atoms with Gasteiger partial charge in [-0.25, -0.2) is 0 Å². The van der Waals surface area contributed by atoms with E-state index in [2.05, 4.69) is 67.8 Å². The number of hydrogen-bond donors (Lipinski definition) is 0. The van der Waals surface area contributed by atoms with Gasteiger partial charge in [0.1, 0.15) is 0 Å². The van der Waals surface area contributed by atoms with E-state index >= 15 is 0 Å². The molecule has 2 aromatic carbocycles. The first-order valence-electron chi connectivity index (χ1n) is 7.57. The average Bonchev–Trinajstić information content (AvgIpc) is 2.55.